The van der Waals surface area contributed by atoms with Gasteiger partial charge in [-0.2, -0.15) is 5.10 Å². The number of aliphatic hydroxyl groups excluding tert-OH is 1. The van der Waals surface area contributed by atoms with Crippen molar-refractivity contribution >= 4 is 23.5 Å². The SMILES string of the molecule is O=C(O)C(CCCc1ccc([C@@H]2[C@@H](CC[C@H](O)c3ccc(F)cc3)C(=O)N2c2ccc(CCCCCc3ncn[nH]3)cc2)cc1)C(=O)O. The average Bonchev–Trinajstić information content (AvgIpc) is 3.60. The molecule has 0 spiro atoms. The van der Waals surface area contributed by atoms with E-state index in [-0.39, 0.29) is 30.1 Å². The third-order valence-electron chi connectivity index (χ3n) is 9.15. The molecule has 0 aliphatic carbocycles. The number of hydrogen-bond acceptors (Lipinski definition) is 6. The molecule has 0 unspecified atom stereocenters. The Balaban J connectivity index is 1.24. The fourth-order valence-electron chi connectivity index (χ4n) is 6.41. The van der Waals surface area contributed by atoms with Crippen LogP contribution in [0.1, 0.15) is 85.2 Å². The lowest BCUT2D eigenvalue weighted by atomic mass is 9.78. The molecule has 1 amide bonds. The summed E-state index contributed by atoms with van der Waals surface area (Å²) in [4.78, 5) is 42.0. The van der Waals surface area contributed by atoms with Gasteiger partial charge in [0.15, 0.2) is 5.92 Å². The van der Waals surface area contributed by atoms with Crippen molar-refractivity contribution in [3.63, 3.8) is 0 Å². The van der Waals surface area contributed by atoms with Crippen LogP contribution in [-0.2, 0) is 33.6 Å². The maximum absolute atomic E-state index is 13.6. The zero-order valence-electron chi connectivity index (χ0n) is 26.7. The van der Waals surface area contributed by atoms with Crippen molar-refractivity contribution in [2.45, 2.75) is 76.4 Å². The molecule has 4 N–H and O–H groups in total. The molecular formula is C37H41FN4O6. The molecule has 1 saturated heterocycles. The summed E-state index contributed by atoms with van der Waals surface area (Å²) in [6, 6.07) is 21.3. The number of unbranched alkanes of at least 4 members (excludes halogenated alkanes) is 2. The number of aromatic nitrogens is 3. The molecule has 48 heavy (non-hydrogen) atoms. The lowest BCUT2D eigenvalue weighted by Gasteiger charge is -2.48. The number of H-pyrrole nitrogens is 1. The molecule has 4 aromatic rings. The molecule has 0 radical (unpaired) electrons. The number of carbonyl (C=O) groups is 3. The summed E-state index contributed by atoms with van der Waals surface area (Å²) in [5.41, 5.74) is 4.47. The zero-order chi connectivity index (χ0) is 34.0. The maximum Gasteiger partial charge on any atom is 0.317 e. The van der Waals surface area contributed by atoms with Crippen molar-refractivity contribution in [3.8, 4) is 0 Å². The molecule has 5 rings (SSSR count). The van der Waals surface area contributed by atoms with Crippen molar-refractivity contribution < 1.29 is 34.1 Å². The highest BCUT2D eigenvalue weighted by molar-refractivity contribution is 6.03. The summed E-state index contributed by atoms with van der Waals surface area (Å²) in [5, 5.41) is 35.8. The summed E-state index contributed by atoms with van der Waals surface area (Å²) in [5.74, 6) is -3.97. The number of aliphatic carboxylic acids is 2. The van der Waals surface area contributed by atoms with Crippen molar-refractivity contribution in [1.82, 2.24) is 15.2 Å². The van der Waals surface area contributed by atoms with Crippen LogP contribution in [0.25, 0.3) is 0 Å². The molecule has 1 aliphatic heterocycles. The van der Waals surface area contributed by atoms with Gasteiger partial charge in [0.05, 0.1) is 18.1 Å². The van der Waals surface area contributed by atoms with Gasteiger partial charge in [-0.25, -0.2) is 9.37 Å². The number of aryl methyl sites for hydroxylation is 3. The molecule has 1 fully saturated rings. The van der Waals surface area contributed by atoms with Crippen LogP contribution in [0.5, 0.6) is 0 Å². The first-order valence-electron chi connectivity index (χ1n) is 16.5. The molecule has 2 heterocycles. The molecular weight excluding hydrogens is 615 g/mol. The van der Waals surface area contributed by atoms with E-state index >= 15 is 0 Å². The average molecular weight is 657 g/mol. The molecule has 252 valence electrons. The molecule has 11 heteroatoms. The second-order valence-electron chi connectivity index (χ2n) is 12.4. The van der Waals surface area contributed by atoms with Crippen LogP contribution in [0, 0.1) is 17.7 Å². The van der Waals surface area contributed by atoms with Gasteiger partial charge in [-0.3, -0.25) is 19.5 Å². The minimum Gasteiger partial charge on any atom is -0.481 e. The Bertz CT molecular complexity index is 1630. The summed E-state index contributed by atoms with van der Waals surface area (Å²) in [6.45, 7) is 0. The second kappa shape index (κ2) is 16.3. The Morgan fingerprint density at radius 1 is 0.812 bits per heavy atom. The Morgan fingerprint density at radius 2 is 1.44 bits per heavy atom. The van der Waals surface area contributed by atoms with Crippen LogP contribution in [0.15, 0.2) is 79.1 Å². The largest absolute Gasteiger partial charge is 0.481 e. The Labute approximate surface area is 278 Å². The van der Waals surface area contributed by atoms with Gasteiger partial charge in [-0.15, -0.1) is 0 Å². The molecule has 0 bridgehead atoms. The Kier molecular flexibility index (Phi) is 11.7. The smallest absolute Gasteiger partial charge is 0.317 e. The van der Waals surface area contributed by atoms with Crippen molar-refractivity contribution in [3.05, 3.63) is 113 Å². The van der Waals surface area contributed by atoms with E-state index in [0.29, 0.717) is 31.2 Å². The molecule has 3 atom stereocenters. The highest BCUT2D eigenvalue weighted by Gasteiger charge is 2.48. The molecule has 1 aliphatic rings. The Morgan fingerprint density at radius 3 is 2.06 bits per heavy atom. The number of carboxylic acids is 2. The fourth-order valence-corrected chi connectivity index (χ4v) is 6.41. The molecule has 0 saturated carbocycles. The summed E-state index contributed by atoms with van der Waals surface area (Å²) in [7, 11) is 0. The van der Waals surface area contributed by atoms with Crippen LogP contribution < -0.4 is 4.90 Å². The number of aromatic amines is 1. The number of aliphatic hydroxyl groups is 1. The number of nitrogens with one attached hydrogen (secondary N) is 1. The maximum atomic E-state index is 13.6. The highest BCUT2D eigenvalue weighted by Crippen LogP contribution is 2.46. The number of carbonyl (C=O) groups excluding carboxylic acids is 1. The first-order valence-corrected chi connectivity index (χ1v) is 16.5. The van der Waals surface area contributed by atoms with Gasteiger partial charge in [0.2, 0.25) is 5.91 Å². The summed E-state index contributed by atoms with van der Waals surface area (Å²) < 4.78 is 13.4. The van der Waals surface area contributed by atoms with E-state index < -0.39 is 24.0 Å². The van der Waals surface area contributed by atoms with E-state index in [1.165, 1.54) is 24.0 Å². The van der Waals surface area contributed by atoms with E-state index in [1.807, 2.05) is 36.4 Å². The van der Waals surface area contributed by atoms with Crippen molar-refractivity contribution in [2.24, 2.45) is 11.8 Å². The van der Waals surface area contributed by atoms with E-state index in [0.717, 1.165) is 54.7 Å². The number of amides is 1. The van der Waals surface area contributed by atoms with Gasteiger partial charge in [-0.05, 0) is 97.9 Å². The monoisotopic (exact) mass is 656 g/mol. The third-order valence-corrected chi connectivity index (χ3v) is 9.15. The van der Waals surface area contributed by atoms with Crippen LogP contribution in [-0.4, -0.2) is 48.3 Å². The lowest BCUT2D eigenvalue weighted by molar-refractivity contribution is -0.154. The van der Waals surface area contributed by atoms with Gasteiger partial charge < -0.3 is 20.2 Å². The van der Waals surface area contributed by atoms with E-state index in [2.05, 4.69) is 27.3 Å². The van der Waals surface area contributed by atoms with Crippen LogP contribution in [0.3, 0.4) is 0 Å². The Hall–Kier alpha value is -4.90. The number of nitrogens with zero attached hydrogens (tertiary/aromatic N) is 3. The van der Waals surface area contributed by atoms with Gasteiger partial charge in [0, 0.05) is 12.1 Å². The quantitative estimate of drug-likeness (QED) is 0.0558. The van der Waals surface area contributed by atoms with Crippen LogP contribution >= 0.6 is 0 Å². The topological polar surface area (TPSA) is 157 Å². The van der Waals surface area contributed by atoms with Gasteiger partial charge in [0.25, 0.3) is 0 Å². The fraction of sp³-hybridized carbons (Fsp3) is 0.378. The van der Waals surface area contributed by atoms with Crippen molar-refractivity contribution in [2.75, 3.05) is 4.90 Å². The lowest BCUT2D eigenvalue weighted by Crippen LogP contribution is -2.55. The first kappa shape index (κ1) is 34.4. The number of carboxylic acid groups (broad SMARTS) is 2. The van der Waals surface area contributed by atoms with Gasteiger partial charge >= 0.3 is 11.9 Å². The minimum atomic E-state index is -1.43. The predicted molar refractivity (Wildman–Crippen MR) is 177 cm³/mol. The standard InChI is InChI=1S/C37H41FN4O6/c38-28-17-15-26(16-18-28)32(43)22-21-30-34(27-13-9-25(10-14-27)6-4-7-31(36(45)46)37(47)48)42(35(30)44)29-19-11-24(12-20-29)5-2-1-3-8-33-39-23-40-41-33/h9-20,23,30-32,34,43H,1-8,21-22H2,(H,45,46)(H,47,48)(H,39,40,41)/t30-,32+,34-/m1/s1. The first-order chi connectivity index (χ1) is 23.2. The van der Waals surface area contributed by atoms with E-state index in [4.69, 9.17) is 10.2 Å². The third kappa shape index (κ3) is 8.71. The van der Waals surface area contributed by atoms with Crippen LogP contribution in [0.2, 0.25) is 0 Å². The number of β-lactam (4-membered cyclic amide) rings is 1. The summed E-state index contributed by atoms with van der Waals surface area (Å²) in [6.07, 6.45) is 7.38. The number of hydrogen-bond donors (Lipinski definition) is 4. The van der Waals surface area contributed by atoms with E-state index in [1.54, 1.807) is 17.0 Å². The highest BCUT2D eigenvalue weighted by atomic mass is 19.1. The minimum absolute atomic E-state index is 0.0241. The summed E-state index contributed by atoms with van der Waals surface area (Å²) >= 11 is 0. The zero-order valence-corrected chi connectivity index (χ0v) is 26.7. The molecule has 3 aromatic carbocycles. The number of rotatable bonds is 18. The van der Waals surface area contributed by atoms with Crippen LogP contribution in [0.4, 0.5) is 10.1 Å². The normalized spacial score (nSPS) is 16.6. The predicted octanol–water partition coefficient (Wildman–Crippen LogP) is 6.23. The molecule has 1 aromatic heterocycles. The number of benzene rings is 3. The van der Waals surface area contributed by atoms with Gasteiger partial charge in [0.1, 0.15) is 18.0 Å². The van der Waals surface area contributed by atoms with Gasteiger partial charge in [-0.1, -0.05) is 55.0 Å². The molecule has 10 nitrogen and oxygen atoms in total. The number of halogens is 1. The number of anilines is 1. The second-order valence-corrected chi connectivity index (χ2v) is 12.4. The van der Waals surface area contributed by atoms with E-state index in [9.17, 15) is 23.9 Å². The van der Waals surface area contributed by atoms with Crippen molar-refractivity contribution in [1.29, 1.82) is 0 Å².